The van der Waals surface area contributed by atoms with Gasteiger partial charge in [-0.2, -0.15) is 0 Å². The summed E-state index contributed by atoms with van der Waals surface area (Å²) in [5, 5.41) is 14.0. The molecule has 0 spiro atoms. The quantitative estimate of drug-likeness (QED) is 0.823. The molecule has 0 radical (unpaired) electrons. The van der Waals surface area contributed by atoms with Crippen molar-refractivity contribution in [1.82, 2.24) is 9.80 Å². The van der Waals surface area contributed by atoms with Gasteiger partial charge in [0, 0.05) is 19.6 Å². The first-order chi connectivity index (χ1) is 10.2. The van der Waals surface area contributed by atoms with Crippen molar-refractivity contribution in [2.24, 2.45) is 11.1 Å². The summed E-state index contributed by atoms with van der Waals surface area (Å²) in [4.78, 5) is 9.98. The molecular weight excluding hydrogens is 270 g/mol. The molecule has 3 rings (SSSR count). The Kier molecular flexibility index (Phi) is 4.98. The van der Waals surface area contributed by atoms with Gasteiger partial charge in [-0.05, 0) is 39.4 Å². The zero-order valence-electron chi connectivity index (χ0n) is 12.9. The lowest BCUT2D eigenvalue weighted by Gasteiger charge is -2.36. The Labute approximate surface area is 126 Å². The van der Waals surface area contributed by atoms with E-state index in [0.717, 1.165) is 32.7 Å². The van der Waals surface area contributed by atoms with Crippen LogP contribution in [-0.4, -0.2) is 79.4 Å². The number of ether oxygens (including phenoxy) is 1. The topological polar surface area (TPSA) is 57.5 Å². The third-order valence-corrected chi connectivity index (χ3v) is 4.57. The summed E-state index contributed by atoms with van der Waals surface area (Å²) in [7, 11) is 2.02. The first kappa shape index (κ1) is 15.1. The van der Waals surface area contributed by atoms with Gasteiger partial charge in [0.15, 0.2) is 6.61 Å². The van der Waals surface area contributed by atoms with Crippen LogP contribution in [-0.2, 0) is 9.57 Å². The Morgan fingerprint density at radius 1 is 1.24 bits per heavy atom. The average molecular weight is 297 g/mol. The number of rotatable bonds is 3. The third kappa shape index (κ3) is 4.08. The Bertz CT molecular complexity index is 361. The molecule has 1 N–H and O–H groups in total. The van der Waals surface area contributed by atoms with Crippen LogP contribution < -0.4 is 0 Å². The molecule has 3 atom stereocenters. The molecule has 3 aliphatic heterocycles. The SMILES string of the molecule is CN1CC(O)CC(C2=NOCC(CN3CCCCC3)O2)C1. The van der Waals surface area contributed by atoms with Gasteiger partial charge in [0.05, 0.1) is 12.0 Å². The van der Waals surface area contributed by atoms with E-state index >= 15 is 0 Å². The summed E-state index contributed by atoms with van der Waals surface area (Å²) in [6, 6.07) is 0. The molecule has 3 heterocycles. The molecule has 2 saturated heterocycles. The van der Waals surface area contributed by atoms with Crippen molar-refractivity contribution in [1.29, 1.82) is 0 Å². The average Bonchev–Trinajstić information content (AvgIpc) is 2.47. The summed E-state index contributed by atoms with van der Waals surface area (Å²) < 4.78 is 6.07. The number of aliphatic hydroxyl groups is 1. The fourth-order valence-corrected chi connectivity index (χ4v) is 3.57. The van der Waals surface area contributed by atoms with Gasteiger partial charge in [-0.15, -0.1) is 0 Å². The first-order valence-corrected chi connectivity index (χ1v) is 8.16. The van der Waals surface area contributed by atoms with E-state index in [-0.39, 0.29) is 18.1 Å². The zero-order chi connectivity index (χ0) is 14.7. The fourth-order valence-electron chi connectivity index (χ4n) is 3.57. The maximum absolute atomic E-state index is 9.91. The maximum Gasteiger partial charge on any atom is 0.230 e. The van der Waals surface area contributed by atoms with Gasteiger partial charge in [0.1, 0.15) is 6.10 Å². The molecule has 0 aromatic heterocycles. The molecule has 0 aromatic rings. The second-order valence-electron chi connectivity index (χ2n) is 6.63. The molecule has 3 unspecified atom stereocenters. The molecule has 0 aliphatic carbocycles. The summed E-state index contributed by atoms with van der Waals surface area (Å²) >= 11 is 0. The molecule has 6 nitrogen and oxygen atoms in total. The normalized spacial score (nSPS) is 35.7. The Morgan fingerprint density at radius 3 is 2.81 bits per heavy atom. The summed E-state index contributed by atoms with van der Waals surface area (Å²) in [5.74, 6) is 0.816. The summed E-state index contributed by atoms with van der Waals surface area (Å²) in [5.41, 5.74) is 0. The summed E-state index contributed by atoms with van der Waals surface area (Å²) in [6.07, 6.45) is 4.39. The first-order valence-electron chi connectivity index (χ1n) is 8.16. The highest BCUT2D eigenvalue weighted by atomic mass is 16.7. The minimum Gasteiger partial charge on any atom is -0.470 e. The van der Waals surface area contributed by atoms with E-state index in [2.05, 4.69) is 15.0 Å². The number of likely N-dealkylation sites (tertiary alicyclic amines) is 2. The predicted molar refractivity (Wildman–Crippen MR) is 80.2 cm³/mol. The second-order valence-corrected chi connectivity index (χ2v) is 6.63. The van der Waals surface area contributed by atoms with Gasteiger partial charge < -0.3 is 19.6 Å². The van der Waals surface area contributed by atoms with E-state index in [1.807, 2.05) is 7.05 Å². The van der Waals surface area contributed by atoms with E-state index in [4.69, 9.17) is 9.57 Å². The van der Waals surface area contributed by atoms with Crippen LogP contribution in [0.1, 0.15) is 25.7 Å². The highest BCUT2D eigenvalue weighted by Gasteiger charge is 2.33. The highest BCUT2D eigenvalue weighted by Crippen LogP contribution is 2.21. The maximum atomic E-state index is 9.91. The third-order valence-electron chi connectivity index (χ3n) is 4.57. The number of oxime groups is 1. The van der Waals surface area contributed by atoms with Crippen molar-refractivity contribution < 1.29 is 14.7 Å². The number of piperidine rings is 2. The minimum atomic E-state index is -0.303. The molecule has 0 aromatic carbocycles. The molecule has 2 fully saturated rings. The molecule has 120 valence electrons. The van der Waals surface area contributed by atoms with E-state index in [0.29, 0.717) is 18.9 Å². The Morgan fingerprint density at radius 2 is 2.05 bits per heavy atom. The molecule has 6 heteroatoms. The van der Waals surface area contributed by atoms with Crippen molar-refractivity contribution in [3.8, 4) is 0 Å². The van der Waals surface area contributed by atoms with Crippen molar-refractivity contribution in [3.63, 3.8) is 0 Å². The van der Waals surface area contributed by atoms with Crippen LogP contribution in [0.2, 0.25) is 0 Å². The van der Waals surface area contributed by atoms with Gasteiger partial charge in [-0.25, -0.2) is 0 Å². The lowest BCUT2D eigenvalue weighted by atomic mass is 9.96. The van der Waals surface area contributed by atoms with Crippen LogP contribution in [0.15, 0.2) is 5.16 Å². The molecule has 0 saturated carbocycles. The zero-order valence-corrected chi connectivity index (χ0v) is 12.9. The smallest absolute Gasteiger partial charge is 0.230 e. The monoisotopic (exact) mass is 297 g/mol. The Hall–Kier alpha value is -0.850. The van der Waals surface area contributed by atoms with E-state index in [1.54, 1.807) is 0 Å². The van der Waals surface area contributed by atoms with Gasteiger partial charge in [0.2, 0.25) is 5.90 Å². The van der Waals surface area contributed by atoms with Crippen molar-refractivity contribution in [2.45, 2.75) is 37.9 Å². The standard InChI is InChI=1S/C15H27N3O3/c1-17-8-12(7-13(19)9-17)15-16-20-11-14(21-15)10-18-5-3-2-4-6-18/h12-14,19H,2-11H2,1H3. The highest BCUT2D eigenvalue weighted by molar-refractivity contribution is 5.79. The summed E-state index contributed by atoms with van der Waals surface area (Å²) in [6.45, 7) is 5.38. The van der Waals surface area contributed by atoms with Crippen LogP contribution in [0, 0.1) is 5.92 Å². The van der Waals surface area contributed by atoms with Crippen molar-refractivity contribution >= 4 is 5.90 Å². The number of aliphatic hydroxyl groups excluding tert-OH is 1. The molecule has 21 heavy (non-hydrogen) atoms. The Balaban J connectivity index is 1.53. The molecule has 0 bridgehead atoms. The van der Waals surface area contributed by atoms with Gasteiger partial charge in [-0.1, -0.05) is 11.6 Å². The lowest BCUT2D eigenvalue weighted by molar-refractivity contribution is -0.0228. The van der Waals surface area contributed by atoms with Crippen LogP contribution in [0.4, 0.5) is 0 Å². The number of likely N-dealkylation sites (N-methyl/N-ethyl adjacent to an activating group) is 1. The number of nitrogens with zero attached hydrogens (tertiary/aromatic N) is 3. The van der Waals surface area contributed by atoms with Crippen LogP contribution in [0.25, 0.3) is 0 Å². The number of hydrogen-bond acceptors (Lipinski definition) is 6. The minimum absolute atomic E-state index is 0.0694. The number of β-amino-alcohol motifs (C(OH)–C–C–N with tert-alkyl or cyclic N) is 1. The van der Waals surface area contributed by atoms with Crippen molar-refractivity contribution in [3.05, 3.63) is 0 Å². The van der Waals surface area contributed by atoms with E-state index in [9.17, 15) is 5.11 Å². The van der Waals surface area contributed by atoms with Crippen LogP contribution in [0.5, 0.6) is 0 Å². The van der Waals surface area contributed by atoms with Gasteiger partial charge in [0.25, 0.3) is 0 Å². The fraction of sp³-hybridized carbons (Fsp3) is 0.933. The second kappa shape index (κ2) is 6.94. The van der Waals surface area contributed by atoms with Crippen LogP contribution >= 0.6 is 0 Å². The molecule has 3 aliphatic rings. The predicted octanol–water partition coefficient (Wildman–Crippen LogP) is 0.514. The van der Waals surface area contributed by atoms with Gasteiger partial charge in [-0.3, -0.25) is 4.90 Å². The molecule has 0 amide bonds. The number of hydrogen-bond donors (Lipinski definition) is 1. The van der Waals surface area contributed by atoms with Crippen molar-refractivity contribution in [2.75, 3.05) is 46.4 Å². The van der Waals surface area contributed by atoms with E-state index < -0.39 is 0 Å². The molecular formula is C15H27N3O3. The van der Waals surface area contributed by atoms with E-state index in [1.165, 1.54) is 19.3 Å². The van der Waals surface area contributed by atoms with Gasteiger partial charge >= 0.3 is 0 Å². The van der Waals surface area contributed by atoms with Crippen LogP contribution in [0.3, 0.4) is 0 Å². The largest absolute Gasteiger partial charge is 0.470 e. The lowest BCUT2D eigenvalue weighted by Crippen LogP contribution is -2.47.